The number of allylic oxidation sites excluding steroid dienone is 4. The molecule has 0 rings (SSSR count). The van der Waals surface area contributed by atoms with E-state index in [2.05, 4.69) is 25.1 Å². The van der Waals surface area contributed by atoms with E-state index in [1.807, 2.05) is 13.0 Å². The van der Waals surface area contributed by atoms with Crippen molar-refractivity contribution < 1.29 is 0 Å². The Labute approximate surface area is 68.9 Å². The maximum absolute atomic E-state index is 4.20. The Kier molecular flexibility index (Phi) is 5.09. The van der Waals surface area contributed by atoms with Crippen molar-refractivity contribution in [3.63, 3.8) is 0 Å². The van der Waals surface area contributed by atoms with E-state index >= 15 is 0 Å². The zero-order valence-electron chi connectivity index (χ0n) is 7.30. The van der Waals surface area contributed by atoms with Crippen LogP contribution in [0.2, 0.25) is 0 Å². The third-order valence-corrected chi connectivity index (χ3v) is 1.43. The molecule has 0 saturated carbocycles. The SMILES string of the molecule is C=C/C=N\C(CC)=C(\C)C=C. The van der Waals surface area contributed by atoms with E-state index in [0.29, 0.717) is 0 Å². The van der Waals surface area contributed by atoms with Crippen molar-refractivity contribution in [2.24, 2.45) is 4.99 Å². The summed E-state index contributed by atoms with van der Waals surface area (Å²) in [7, 11) is 0. The average Bonchev–Trinajstić information content (AvgIpc) is 2.05. The lowest BCUT2D eigenvalue weighted by Crippen LogP contribution is -1.80. The number of aliphatic imine (C=N–C) groups is 1. The summed E-state index contributed by atoms with van der Waals surface area (Å²) >= 11 is 0. The fraction of sp³-hybridized carbons (Fsp3) is 0.300. The Bertz CT molecular complexity index is 197. The van der Waals surface area contributed by atoms with Gasteiger partial charge in [-0.25, -0.2) is 0 Å². The van der Waals surface area contributed by atoms with Gasteiger partial charge in [0.05, 0.1) is 0 Å². The van der Waals surface area contributed by atoms with Crippen LogP contribution in [0, 0.1) is 0 Å². The van der Waals surface area contributed by atoms with E-state index in [4.69, 9.17) is 0 Å². The lowest BCUT2D eigenvalue weighted by Gasteiger charge is -1.98. The zero-order valence-corrected chi connectivity index (χ0v) is 7.30. The van der Waals surface area contributed by atoms with Crippen molar-refractivity contribution >= 4 is 6.21 Å². The van der Waals surface area contributed by atoms with Gasteiger partial charge >= 0.3 is 0 Å². The van der Waals surface area contributed by atoms with Gasteiger partial charge in [0.1, 0.15) is 0 Å². The summed E-state index contributed by atoms with van der Waals surface area (Å²) in [6.07, 6.45) is 6.12. The van der Waals surface area contributed by atoms with Crippen LogP contribution in [0.15, 0.2) is 41.6 Å². The van der Waals surface area contributed by atoms with Gasteiger partial charge in [0, 0.05) is 11.9 Å². The first-order valence-corrected chi connectivity index (χ1v) is 3.73. The molecule has 0 aromatic heterocycles. The highest BCUT2D eigenvalue weighted by Gasteiger charge is 1.91. The minimum Gasteiger partial charge on any atom is -0.261 e. The fourth-order valence-electron chi connectivity index (χ4n) is 0.732. The van der Waals surface area contributed by atoms with Crippen LogP contribution in [0.4, 0.5) is 0 Å². The normalized spacial score (nSPS) is 12.9. The molecule has 60 valence electrons. The summed E-state index contributed by atoms with van der Waals surface area (Å²) < 4.78 is 0. The quantitative estimate of drug-likeness (QED) is 0.430. The predicted molar refractivity (Wildman–Crippen MR) is 51.9 cm³/mol. The van der Waals surface area contributed by atoms with Gasteiger partial charge in [-0.05, 0) is 18.9 Å². The average molecular weight is 149 g/mol. The molecule has 0 aliphatic rings. The van der Waals surface area contributed by atoms with Gasteiger partial charge in [0.2, 0.25) is 0 Å². The second-order valence-corrected chi connectivity index (χ2v) is 2.20. The van der Waals surface area contributed by atoms with Gasteiger partial charge in [-0.2, -0.15) is 0 Å². The van der Waals surface area contributed by atoms with Crippen molar-refractivity contribution in [1.29, 1.82) is 0 Å². The van der Waals surface area contributed by atoms with E-state index in [0.717, 1.165) is 17.7 Å². The second-order valence-electron chi connectivity index (χ2n) is 2.20. The van der Waals surface area contributed by atoms with Crippen molar-refractivity contribution in [3.05, 3.63) is 36.6 Å². The molecule has 0 amide bonds. The monoisotopic (exact) mass is 149 g/mol. The molecule has 0 heterocycles. The van der Waals surface area contributed by atoms with Crippen molar-refractivity contribution in [2.75, 3.05) is 0 Å². The smallest absolute Gasteiger partial charge is 0.0429 e. The highest BCUT2D eigenvalue weighted by molar-refractivity contribution is 5.71. The molecule has 0 aromatic carbocycles. The van der Waals surface area contributed by atoms with Gasteiger partial charge in [-0.15, -0.1) is 0 Å². The predicted octanol–water partition coefficient (Wildman–Crippen LogP) is 3.11. The fourth-order valence-corrected chi connectivity index (χ4v) is 0.732. The van der Waals surface area contributed by atoms with Crippen molar-refractivity contribution in [1.82, 2.24) is 0 Å². The van der Waals surface area contributed by atoms with E-state index in [9.17, 15) is 0 Å². The van der Waals surface area contributed by atoms with Crippen LogP contribution >= 0.6 is 0 Å². The zero-order chi connectivity index (χ0) is 8.69. The van der Waals surface area contributed by atoms with Gasteiger partial charge in [-0.3, -0.25) is 4.99 Å². The number of hydrogen-bond acceptors (Lipinski definition) is 1. The van der Waals surface area contributed by atoms with Crippen LogP contribution in [0.25, 0.3) is 0 Å². The Morgan fingerprint density at radius 2 is 2.09 bits per heavy atom. The third-order valence-electron chi connectivity index (χ3n) is 1.43. The number of hydrogen-bond donors (Lipinski definition) is 0. The molecule has 0 aromatic rings. The molecule has 0 bridgehead atoms. The summed E-state index contributed by atoms with van der Waals surface area (Å²) in [6.45, 7) is 11.3. The van der Waals surface area contributed by atoms with Crippen LogP contribution in [0.1, 0.15) is 20.3 Å². The molecule has 1 nitrogen and oxygen atoms in total. The summed E-state index contributed by atoms with van der Waals surface area (Å²) in [6, 6.07) is 0. The molecular weight excluding hydrogens is 134 g/mol. The highest BCUT2D eigenvalue weighted by Crippen LogP contribution is 2.09. The first-order chi connectivity index (χ1) is 5.26. The molecule has 0 saturated heterocycles. The summed E-state index contributed by atoms with van der Waals surface area (Å²) in [5, 5.41) is 0. The first kappa shape index (κ1) is 9.89. The van der Waals surface area contributed by atoms with E-state index in [1.54, 1.807) is 12.3 Å². The lowest BCUT2D eigenvalue weighted by molar-refractivity contribution is 1.04. The maximum atomic E-state index is 4.20. The molecule has 0 aliphatic heterocycles. The second kappa shape index (κ2) is 5.66. The third kappa shape index (κ3) is 3.56. The largest absolute Gasteiger partial charge is 0.261 e. The van der Waals surface area contributed by atoms with Crippen molar-refractivity contribution in [2.45, 2.75) is 20.3 Å². The molecule has 0 atom stereocenters. The number of nitrogens with zero attached hydrogens (tertiary/aromatic N) is 1. The van der Waals surface area contributed by atoms with Crippen LogP contribution < -0.4 is 0 Å². The Morgan fingerprint density at radius 1 is 1.45 bits per heavy atom. The maximum Gasteiger partial charge on any atom is 0.0429 e. The molecule has 0 N–H and O–H groups in total. The van der Waals surface area contributed by atoms with Crippen LogP contribution in [0.3, 0.4) is 0 Å². The van der Waals surface area contributed by atoms with Gasteiger partial charge in [0.25, 0.3) is 0 Å². The van der Waals surface area contributed by atoms with Crippen molar-refractivity contribution in [3.8, 4) is 0 Å². The molecule has 0 spiro atoms. The topological polar surface area (TPSA) is 12.4 Å². The van der Waals surface area contributed by atoms with Crippen LogP contribution in [0.5, 0.6) is 0 Å². The van der Waals surface area contributed by atoms with Crippen LogP contribution in [-0.2, 0) is 0 Å². The van der Waals surface area contributed by atoms with Gasteiger partial charge in [-0.1, -0.05) is 32.2 Å². The number of rotatable bonds is 4. The first-order valence-electron chi connectivity index (χ1n) is 3.73. The molecule has 1 heteroatoms. The van der Waals surface area contributed by atoms with E-state index < -0.39 is 0 Å². The molecule has 0 radical (unpaired) electrons. The molecule has 0 aliphatic carbocycles. The molecular formula is C10H15N. The summed E-state index contributed by atoms with van der Waals surface area (Å²) in [5.74, 6) is 0. The van der Waals surface area contributed by atoms with Gasteiger partial charge in [0.15, 0.2) is 0 Å². The Morgan fingerprint density at radius 3 is 2.45 bits per heavy atom. The highest BCUT2D eigenvalue weighted by atomic mass is 14.7. The van der Waals surface area contributed by atoms with Crippen LogP contribution in [-0.4, -0.2) is 6.21 Å². The summed E-state index contributed by atoms with van der Waals surface area (Å²) in [5.41, 5.74) is 2.20. The lowest BCUT2D eigenvalue weighted by atomic mass is 10.2. The van der Waals surface area contributed by atoms with E-state index in [1.165, 1.54) is 0 Å². The summed E-state index contributed by atoms with van der Waals surface area (Å²) in [4.78, 5) is 4.20. The molecule has 0 fully saturated rings. The minimum atomic E-state index is 0.933. The standard InChI is InChI=1S/C10H15N/c1-5-8-11-10(7-3)9(4)6-2/h5-6,8H,1-2,7H2,3-4H3/b10-9-,11-8-. The Balaban J connectivity index is 4.50. The Hall–Kier alpha value is -1.11. The molecule has 11 heavy (non-hydrogen) atoms. The minimum absolute atomic E-state index is 0.933. The van der Waals surface area contributed by atoms with E-state index in [-0.39, 0.29) is 0 Å². The molecule has 0 unspecified atom stereocenters. The van der Waals surface area contributed by atoms with Gasteiger partial charge < -0.3 is 0 Å².